The number of nitro benzene ring substituents is 1. The second-order valence-corrected chi connectivity index (χ2v) is 6.60. The maximum Gasteiger partial charge on any atom is 0.270 e. The van der Waals surface area contributed by atoms with Crippen molar-refractivity contribution in [3.63, 3.8) is 0 Å². The number of thiazole rings is 1. The fourth-order valence-electron chi connectivity index (χ4n) is 2.48. The highest BCUT2D eigenvalue weighted by atomic mass is 32.1. The summed E-state index contributed by atoms with van der Waals surface area (Å²) in [6.45, 7) is 2.09. The van der Waals surface area contributed by atoms with Crippen molar-refractivity contribution in [2.24, 2.45) is 0 Å². The van der Waals surface area contributed by atoms with E-state index in [1.54, 1.807) is 17.5 Å². The third-order valence-electron chi connectivity index (χ3n) is 3.90. The molecule has 0 saturated carbocycles. The molecule has 1 aromatic heterocycles. The van der Waals surface area contributed by atoms with Crippen molar-refractivity contribution in [1.29, 1.82) is 0 Å². The van der Waals surface area contributed by atoms with Gasteiger partial charge in [0.2, 0.25) is 5.91 Å². The predicted molar refractivity (Wildman–Crippen MR) is 102 cm³/mol. The molecule has 2 aromatic carbocycles. The number of nitro groups is 1. The number of nitrogens with one attached hydrogen (secondary N) is 1. The molecule has 132 valence electrons. The van der Waals surface area contributed by atoms with Crippen LogP contribution in [0.1, 0.15) is 18.1 Å². The van der Waals surface area contributed by atoms with Gasteiger partial charge in [0.1, 0.15) is 0 Å². The Kier molecular flexibility index (Phi) is 5.38. The van der Waals surface area contributed by atoms with Gasteiger partial charge in [0.25, 0.3) is 5.69 Å². The van der Waals surface area contributed by atoms with E-state index in [0.29, 0.717) is 16.4 Å². The molecule has 0 fully saturated rings. The summed E-state index contributed by atoms with van der Waals surface area (Å²) in [6.07, 6.45) is 1.24. The minimum Gasteiger partial charge on any atom is -0.302 e. The molecule has 1 N–H and O–H groups in total. The summed E-state index contributed by atoms with van der Waals surface area (Å²) in [5.74, 6) is -0.144. The van der Waals surface area contributed by atoms with Gasteiger partial charge < -0.3 is 5.32 Å². The number of hydrogen-bond acceptors (Lipinski definition) is 5. The minimum absolute atomic E-state index is 0.0108. The lowest BCUT2D eigenvalue weighted by Crippen LogP contribution is -2.14. The highest BCUT2D eigenvalue weighted by Gasteiger charge is 2.12. The van der Waals surface area contributed by atoms with E-state index in [1.165, 1.54) is 29.0 Å². The van der Waals surface area contributed by atoms with Crippen molar-refractivity contribution in [1.82, 2.24) is 4.98 Å². The summed E-state index contributed by atoms with van der Waals surface area (Å²) in [5, 5.41) is 15.9. The predicted octanol–water partition coefficient (Wildman–Crippen LogP) is 4.46. The molecule has 0 aliphatic heterocycles. The van der Waals surface area contributed by atoms with Crippen LogP contribution >= 0.6 is 11.3 Å². The van der Waals surface area contributed by atoms with Gasteiger partial charge in [-0.05, 0) is 17.5 Å². The van der Waals surface area contributed by atoms with E-state index in [1.807, 2.05) is 24.3 Å². The third kappa shape index (κ3) is 4.31. The molecule has 0 spiro atoms. The Bertz CT molecular complexity index is 935. The highest BCUT2D eigenvalue weighted by molar-refractivity contribution is 7.14. The number of amides is 1. The Morgan fingerprint density at radius 3 is 2.62 bits per heavy atom. The van der Waals surface area contributed by atoms with E-state index in [0.717, 1.165) is 12.0 Å². The monoisotopic (exact) mass is 367 g/mol. The van der Waals surface area contributed by atoms with Crippen molar-refractivity contribution < 1.29 is 9.72 Å². The van der Waals surface area contributed by atoms with Crippen LogP contribution in [-0.4, -0.2) is 15.8 Å². The van der Waals surface area contributed by atoms with Crippen molar-refractivity contribution in [2.45, 2.75) is 19.8 Å². The first kappa shape index (κ1) is 17.8. The Morgan fingerprint density at radius 1 is 1.19 bits per heavy atom. The van der Waals surface area contributed by atoms with Crippen LogP contribution in [0.15, 0.2) is 53.9 Å². The van der Waals surface area contributed by atoms with Crippen molar-refractivity contribution >= 4 is 28.1 Å². The van der Waals surface area contributed by atoms with E-state index in [4.69, 9.17) is 0 Å². The molecule has 0 radical (unpaired) electrons. The number of carbonyl (C=O) groups is 1. The second-order valence-electron chi connectivity index (χ2n) is 5.74. The number of carbonyl (C=O) groups excluding carboxylic acids is 1. The molecule has 0 saturated heterocycles. The number of aryl methyl sites for hydroxylation is 1. The van der Waals surface area contributed by atoms with Crippen LogP contribution in [0.5, 0.6) is 0 Å². The summed E-state index contributed by atoms with van der Waals surface area (Å²) in [4.78, 5) is 27.0. The summed E-state index contributed by atoms with van der Waals surface area (Å²) < 4.78 is 0. The molecule has 0 aliphatic rings. The normalized spacial score (nSPS) is 10.5. The van der Waals surface area contributed by atoms with E-state index in [-0.39, 0.29) is 18.0 Å². The SMILES string of the molecule is CCc1ccc(CC(=O)Nc2nc(-c3cccc([N+](=O)[O-])c3)cs2)cc1. The van der Waals surface area contributed by atoms with Crippen LogP contribution in [0.3, 0.4) is 0 Å². The number of nitrogens with zero attached hydrogens (tertiary/aromatic N) is 2. The van der Waals surface area contributed by atoms with Gasteiger partial charge in [0.15, 0.2) is 5.13 Å². The summed E-state index contributed by atoms with van der Waals surface area (Å²) in [6, 6.07) is 14.2. The minimum atomic E-state index is -0.442. The molecule has 6 nitrogen and oxygen atoms in total. The summed E-state index contributed by atoms with van der Waals surface area (Å²) in [5.41, 5.74) is 3.43. The fourth-order valence-corrected chi connectivity index (χ4v) is 3.22. The van der Waals surface area contributed by atoms with Crippen LogP contribution in [0.2, 0.25) is 0 Å². The number of hydrogen-bond donors (Lipinski definition) is 1. The number of benzene rings is 2. The van der Waals surface area contributed by atoms with Crippen LogP contribution in [0.4, 0.5) is 10.8 Å². The van der Waals surface area contributed by atoms with E-state index >= 15 is 0 Å². The van der Waals surface area contributed by atoms with Crippen LogP contribution in [-0.2, 0) is 17.6 Å². The number of aromatic nitrogens is 1. The number of non-ortho nitro benzene ring substituents is 1. The molecule has 0 bridgehead atoms. The highest BCUT2D eigenvalue weighted by Crippen LogP contribution is 2.27. The standard InChI is InChI=1S/C19H17N3O3S/c1-2-13-6-8-14(9-7-13)10-18(23)21-19-20-17(12-26-19)15-4-3-5-16(11-15)22(24)25/h3-9,11-12H,2,10H2,1H3,(H,20,21,23). The zero-order valence-electron chi connectivity index (χ0n) is 14.1. The lowest BCUT2D eigenvalue weighted by Gasteiger charge is -2.03. The van der Waals surface area contributed by atoms with E-state index < -0.39 is 4.92 Å². The first-order valence-electron chi connectivity index (χ1n) is 8.13. The maximum atomic E-state index is 12.2. The zero-order valence-corrected chi connectivity index (χ0v) is 15.0. The molecule has 1 heterocycles. The smallest absolute Gasteiger partial charge is 0.270 e. The van der Waals surface area contributed by atoms with Crippen LogP contribution < -0.4 is 5.32 Å². The molecular formula is C19H17N3O3S. The van der Waals surface area contributed by atoms with Crippen molar-refractivity contribution in [2.75, 3.05) is 5.32 Å². The molecular weight excluding hydrogens is 350 g/mol. The molecule has 0 unspecified atom stereocenters. The first-order valence-corrected chi connectivity index (χ1v) is 9.01. The summed E-state index contributed by atoms with van der Waals surface area (Å²) in [7, 11) is 0. The number of anilines is 1. The van der Waals surface area contributed by atoms with Crippen LogP contribution in [0.25, 0.3) is 11.3 Å². The topological polar surface area (TPSA) is 85.1 Å². The van der Waals surface area contributed by atoms with E-state index in [2.05, 4.69) is 17.2 Å². The molecule has 1 amide bonds. The largest absolute Gasteiger partial charge is 0.302 e. The third-order valence-corrected chi connectivity index (χ3v) is 4.66. The van der Waals surface area contributed by atoms with Crippen LogP contribution in [0, 0.1) is 10.1 Å². The van der Waals surface area contributed by atoms with Gasteiger partial charge in [-0.1, -0.05) is 43.3 Å². The van der Waals surface area contributed by atoms with Gasteiger partial charge in [-0.3, -0.25) is 14.9 Å². The fraction of sp³-hybridized carbons (Fsp3) is 0.158. The molecule has 3 aromatic rings. The summed E-state index contributed by atoms with van der Waals surface area (Å²) >= 11 is 1.29. The van der Waals surface area contributed by atoms with Gasteiger partial charge >= 0.3 is 0 Å². The molecule has 7 heteroatoms. The average Bonchev–Trinajstić information content (AvgIpc) is 3.10. The van der Waals surface area contributed by atoms with Gasteiger partial charge in [-0.25, -0.2) is 4.98 Å². The quantitative estimate of drug-likeness (QED) is 0.515. The van der Waals surface area contributed by atoms with Gasteiger partial charge in [0, 0.05) is 23.1 Å². The Balaban J connectivity index is 1.66. The average molecular weight is 367 g/mol. The Morgan fingerprint density at radius 2 is 1.92 bits per heavy atom. The zero-order chi connectivity index (χ0) is 18.5. The lowest BCUT2D eigenvalue weighted by molar-refractivity contribution is -0.384. The van der Waals surface area contributed by atoms with Gasteiger partial charge in [0.05, 0.1) is 17.0 Å². The molecule has 0 atom stereocenters. The lowest BCUT2D eigenvalue weighted by atomic mass is 10.1. The Labute approximate surface area is 154 Å². The van der Waals surface area contributed by atoms with Crippen molar-refractivity contribution in [3.8, 4) is 11.3 Å². The van der Waals surface area contributed by atoms with E-state index in [9.17, 15) is 14.9 Å². The Hall–Kier alpha value is -3.06. The van der Waals surface area contributed by atoms with Gasteiger partial charge in [-0.15, -0.1) is 11.3 Å². The first-order chi connectivity index (χ1) is 12.5. The second kappa shape index (κ2) is 7.88. The molecule has 3 rings (SSSR count). The van der Waals surface area contributed by atoms with Gasteiger partial charge in [-0.2, -0.15) is 0 Å². The van der Waals surface area contributed by atoms with Crippen molar-refractivity contribution in [3.05, 3.63) is 75.2 Å². The molecule has 26 heavy (non-hydrogen) atoms. The number of rotatable bonds is 6. The maximum absolute atomic E-state index is 12.2. The molecule has 0 aliphatic carbocycles.